The third-order valence-electron chi connectivity index (χ3n) is 4.64. The van der Waals surface area contributed by atoms with Gasteiger partial charge >= 0.3 is 5.97 Å². The second-order valence-corrected chi connectivity index (χ2v) is 6.40. The van der Waals surface area contributed by atoms with Crippen LogP contribution in [0.2, 0.25) is 0 Å². The summed E-state index contributed by atoms with van der Waals surface area (Å²) in [5, 5.41) is 12.7. The topological polar surface area (TPSA) is 78.1 Å². The predicted molar refractivity (Wildman–Crippen MR) is 91.6 cm³/mol. The Morgan fingerprint density at radius 1 is 1.40 bits per heavy atom. The number of nitrogens with zero attached hydrogens (tertiary/aromatic N) is 6. The highest BCUT2D eigenvalue weighted by Crippen LogP contribution is 2.20. The average molecular weight is 346 g/mol. The van der Waals surface area contributed by atoms with E-state index in [1.165, 1.54) is 0 Å². The van der Waals surface area contributed by atoms with E-state index in [4.69, 9.17) is 4.74 Å². The smallest absolute Gasteiger partial charge is 0.323 e. The SMILES string of the molecule is CCOC(=O)[C@@H]1CCCCN1Cc1cn(CCc2ccnn2C)nn1. The van der Waals surface area contributed by atoms with Gasteiger partial charge in [-0.25, -0.2) is 0 Å². The predicted octanol–water partition coefficient (Wildman–Crippen LogP) is 1.17. The summed E-state index contributed by atoms with van der Waals surface area (Å²) in [4.78, 5) is 14.3. The number of esters is 1. The molecule has 0 radical (unpaired) electrons. The van der Waals surface area contributed by atoms with Crippen LogP contribution in [0.15, 0.2) is 18.5 Å². The van der Waals surface area contributed by atoms with Gasteiger partial charge in [0.25, 0.3) is 0 Å². The van der Waals surface area contributed by atoms with Gasteiger partial charge in [0.1, 0.15) is 6.04 Å². The molecular weight excluding hydrogens is 320 g/mol. The molecule has 1 atom stereocenters. The molecule has 1 aliphatic heterocycles. The molecular formula is C17H26N6O2. The van der Waals surface area contributed by atoms with Crippen molar-refractivity contribution in [1.82, 2.24) is 29.7 Å². The summed E-state index contributed by atoms with van der Waals surface area (Å²) < 4.78 is 8.94. The fourth-order valence-corrected chi connectivity index (χ4v) is 3.29. The molecule has 0 N–H and O–H groups in total. The molecule has 1 saturated heterocycles. The molecule has 0 amide bonds. The Hall–Kier alpha value is -2.22. The summed E-state index contributed by atoms with van der Waals surface area (Å²) in [6.07, 6.45) is 7.64. The minimum Gasteiger partial charge on any atom is -0.465 e. The number of piperidine rings is 1. The summed E-state index contributed by atoms with van der Waals surface area (Å²) in [6.45, 7) is 4.56. The van der Waals surface area contributed by atoms with E-state index in [-0.39, 0.29) is 12.0 Å². The molecule has 3 heterocycles. The molecule has 8 heteroatoms. The molecule has 3 rings (SSSR count). The van der Waals surface area contributed by atoms with Crippen LogP contribution in [0, 0.1) is 0 Å². The van der Waals surface area contributed by atoms with Crippen molar-refractivity contribution in [2.45, 2.75) is 51.7 Å². The lowest BCUT2D eigenvalue weighted by Gasteiger charge is -2.33. The Morgan fingerprint density at radius 2 is 2.28 bits per heavy atom. The van der Waals surface area contributed by atoms with Crippen LogP contribution < -0.4 is 0 Å². The number of aryl methyl sites for hydroxylation is 3. The molecule has 136 valence electrons. The molecule has 25 heavy (non-hydrogen) atoms. The van der Waals surface area contributed by atoms with E-state index in [0.717, 1.165) is 50.2 Å². The fourth-order valence-electron chi connectivity index (χ4n) is 3.29. The minimum atomic E-state index is -0.159. The van der Waals surface area contributed by atoms with Gasteiger partial charge in [0.05, 0.1) is 12.3 Å². The molecule has 8 nitrogen and oxygen atoms in total. The van der Waals surface area contributed by atoms with Gasteiger partial charge in [-0.05, 0) is 32.4 Å². The van der Waals surface area contributed by atoms with Crippen LogP contribution in [0.5, 0.6) is 0 Å². The van der Waals surface area contributed by atoms with E-state index in [2.05, 4.69) is 20.3 Å². The van der Waals surface area contributed by atoms with E-state index in [0.29, 0.717) is 13.2 Å². The molecule has 2 aromatic rings. The Labute approximate surface area is 147 Å². The average Bonchev–Trinajstić information content (AvgIpc) is 3.22. The summed E-state index contributed by atoms with van der Waals surface area (Å²) in [6, 6.07) is 1.85. The highest BCUT2D eigenvalue weighted by molar-refractivity contribution is 5.75. The fraction of sp³-hybridized carbons (Fsp3) is 0.647. The van der Waals surface area contributed by atoms with Gasteiger partial charge in [-0.15, -0.1) is 5.10 Å². The number of likely N-dealkylation sites (tertiary alicyclic amines) is 1. The molecule has 0 aliphatic carbocycles. The number of carbonyl (C=O) groups is 1. The van der Waals surface area contributed by atoms with Gasteiger partial charge < -0.3 is 4.74 Å². The third kappa shape index (κ3) is 4.45. The number of aromatic nitrogens is 5. The van der Waals surface area contributed by atoms with E-state index < -0.39 is 0 Å². The van der Waals surface area contributed by atoms with E-state index in [1.54, 1.807) is 6.20 Å². The summed E-state index contributed by atoms with van der Waals surface area (Å²) >= 11 is 0. The number of ether oxygens (including phenoxy) is 1. The first kappa shape index (κ1) is 17.6. The molecule has 2 aromatic heterocycles. The van der Waals surface area contributed by atoms with Gasteiger partial charge in [0.2, 0.25) is 0 Å². The summed E-state index contributed by atoms with van der Waals surface area (Å²) in [5.74, 6) is -0.120. The van der Waals surface area contributed by atoms with E-state index in [9.17, 15) is 4.79 Å². The minimum absolute atomic E-state index is 0.120. The first-order valence-electron chi connectivity index (χ1n) is 8.94. The zero-order valence-electron chi connectivity index (χ0n) is 15.0. The van der Waals surface area contributed by atoms with Crippen molar-refractivity contribution in [3.63, 3.8) is 0 Å². The van der Waals surface area contributed by atoms with Crippen LogP contribution in [0.3, 0.4) is 0 Å². The van der Waals surface area contributed by atoms with Crippen LogP contribution in [0.1, 0.15) is 37.6 Å². The zero-order chi connectivity index (χ0) is 17.6. The number of hydrogen-bond acceptors (Lipinski definition) is 6. The van der Waals surface area contributed by atoms with Crippen molar-refractivity contribution in [1.29, 1.82) is 0 Å². The third-order valence-corrected chi connectivity index (χ3v) is 4.64. The summed E-state index contributed by atoms with van der Waals surface area (Å²) in [5.41, 5.74) is 2.05. The second kappa shape index (κ2) is 8.24. The van der Waals surface area contributed by atoms with Crippen LogP contribution in [0.4, 0.5) is 0 Å². The molecule has 0 unspecified atom stereocenters. The van der Waals surface area contributed by atoms with Gasteiger partial charge in [0.15, 0.2) is 0 Å². The number of carbonyl (C=O) groups excluding carboxylic acids is 1. The molecule has 0 saturated carbocycles. The Kier molecular flexibility index (Phi) is 5.80. The Bertz CT molecular complexity index is 695. The number of rotatable bonds is 7. The van der Waals surface area contributed by atoms with Crippen LogP contribution in [0.25, 0.3) is 0 Å². The van der Waals surface area contributed by atoms with Crippen molar-refractivity contribution >= 4 is 5.97 Å². The summed E-state index contributed by atoms with van der Waals surface area (Å²) in [7, 11) is 1.94. The molecule has 0 aromatic carbocycles. The maximum atomic E-state index is 12.2. The maximum Gasteiger partial charge on any atom is 0.323 e. The van der Waals surface area contributed by atoms with Crippen LogP contribution in [-0.2, 0) is 36.1 Å². The Balaban J connectivity index is 1.57. The lowest BCUT2D eigenvalue weighted by atomic mass is 10.0. The van der Waals surface area contributed by atoms with Crippen LogP contribution in [-0.4, -0.2) is 54.8 Å². The zero-order valence-corrected chi connectivity index (χ0v) is 15.0. The van der Waals surface area contributed by atoms with Crippen molar-refractivity contribution < 1.29 is 9.53 Å². The normalized spacial score (nSPS) is 18.4. The second-order valence-electron chi connectivity index (χ2n) is 6.40. The van der Waals surface area contributed by atoms with E-state index >= 15 is 0 Å². The Morgan fingerprint density at radius 3 is 3.04 bits per heavy atom. The molecule has 0 spiro atoms. The van der Waals surface area contributed by atoms with E-state index in [1.807, 2.05) is 35.6 Å². The van der Waals surface area contributed by atoms with Crippen molar-refractivity contribution in [2.75, 3.05) is 13.2 Å². The molecule has 0 bridgehead atoms. The maximum absolute atomic E-state index is 12.2. The highest BCUT2D eigenvalue weighted by Gasteiger charge is 2.30. The lowest BCUT2D eigenvalue weighted by molar-refractivity contribution is -0.151. The lowest BCUT2D eigenvalue weighted by Crippen LogP contribution is -2.45. The van der Waals surface area contributed by atoms with Gasteiger partial charge in [-0.2, -0.15) is 5.10 Å². The highest BCUT2D eigenvalue weighted by atomic mass is 16.5. The first-order valence-corrected chi connectivity index (χ1v) is 8.94. The quantitative estimate of drug-likeness (QED) is 0.701. The monoisotopic (exact) mass is 346 g/mol. The van der Waals surface area contributed by atoms with Crippen LogP contribution >= 0.6 is 0 Å². The largest absolute Gasteiger partial charge is 0.465 e. The van der Waals surface area contributed by atoms with Gasteiger partial charge in [0, 0.05) is 44.6 Å². The molecule has 1 fully saturated rings. The first-order chi connectivity index (χ1) is 12.2. The standard InChI is InChI=1S/C17H26N6O2/c1-3-25-17(24)16-6-4-5-10-22(16)12-14-13-23(20-19-14)11-8-15-7-9-18-21(15)2/h7,9,13,16H,3-6,8,10-12H2,1-2H3/t16-/m0/s1. The van der Waals surface area contributed by atoms with Gasteiger partial charge in [-0.1, -0.05) is 11.6 Å². The van der Waals surface area contributed by atoms with Crippen molar-refractivity contribution in [3.05, 3.63) is 29.8 Å². The number of hydrogen-bond donors (Lipinski definition) is 0. The van der Waals surface area contributed by atoms with Crippen molar-refractivity contribution in [3.8, 4) is 0 Å². The van der Waals surface area contributed by atoms with Gasteiger partial charge in [-0.3, -0.25) is 19.1 Å². The van der Waals surface area contributed by atoms with Crippen molar-refractivity contribution in [2.24, 2.45) is 7.05 Å². The molecule has 1 aliphatic rings.